The SMILES string of the molecule is O=S(=O)(CCCCCOc1ccc(C2=C(c3ccccc3)CCCc3cc(O)ccc32)cc1)c1ccccc1. The summed E-state index contributed by atoms with van der Waals surface area (Å²) in [6, 6.07) is 33.1. The molecule has 0 bridgehead atoms. The second-order valence-corrected chi connectivity index (χ2v) is 12.1. The maximum Gasteiger partial charge on any atom is 0.178 e. The Morgan fingerprint density at radius 1 is 0.718 bits per heavy atom. The van der Waals surface area contributed by atoms with Crippen molar-refractivity contribution < 1.29 is 18.3 Å². The highest BCUT2D eigenvalue weighted by atomic mass is 32.2. The Morgan fingerprint density at radius 3 is 2.18 bits per heavy atom. The summed E-state index contributed by atoms with van der Waals surface area (Å²) in [4.78, 5) is 0.389. The normalized spacial score (nSPS) is 13.5. The van der Waals surface area contributed by atoms with Gasteiger partial charge in [0.25, 0.3) is 0 Å². The zero-order chi connectivity index (χ0) is 27.1. The van der Waals surface area contributed by atoms with E-state index in [1.807, 2.05) is 36.4 Å². The standard InChI is InChI=1S/C34H34O4S/c35-29-19-22-33-28(25-29)13-10-16-32(26-11-4-1-5-12-26)34(33)27-17-20-30(21-18-27)38-23-8-3-9-24-39(36,37)31-14-6-2-7-15-31/h1-2,4-7,11-12,14-15,17-22,25,35H,3,8-10,13,16,23-24H2. The second-order valence-electron chi connectivity index (χ2n) is 9.98. The predicted octanol–water partition coefficient (Wildman–Crippen LogP) is 7.71. The van der Waals surface area contributed by atoms with E-state index >= 15 is 0 Å². The Labute approximate surface area is 231 Å². The molecule has 0 aliphatic heterocycles. The molecule has 0 saturated carbocycles. The predicted molar refractivity (Wildman–Crippen MR) is 158 cm³/mol. The molecule has 1 N–H and O–H groups in total. The van der Waals surface area contributed by atoms with Crippen LogP contribution in [0, 0.1) is 0 Å². The molecule has 0 saturated heterocycles. The molecule has 200 valence electrons. The molecule has 5 rings (SSSR count). The molecular formula is C34H34O4S. The Bertz CT molecular complexity index is 1520. The summed E-state index contributed by atoms with van der Waals surface area (Å²) in [6.07, 6.45) is 5.13. The number of benzene rings is 4. The van der Waals surface area contributed by atoms with Gasteiger partial charge in [0.15, 0.2) is 9.84 Å². The average Bonchev–Trinajstić information content (AvgIpc) is 3.15. The van der Waals surface area contributed by atoms with Crippen molar-refractivity contribution in [2.75, 3.05) is 12.4 Å². The van der Waals surface area contributed by atoms with Crippen LogP contribution < -0.4 is 4.74 Å². The molecule has 1 aliphatic carbocycles. The summed E-state index contributed by atoms with van der Waals surface area (Å²) < 4.78 is 30.8. The lowest BCUT2D eigenvalue weighted by Gasteiger charge is -2.17. The first-order valence-electron chi connectivity index (χ1n) is 13.6. The summed E-state index contributed by atoms with van der Waals surface area (Å²) >= 11 is 0. The van der Waals surface area contributed by atoms with E-state index in [9.17, 15) is 13.5 Å². The van der Waals surface area contributed by atoms with Crippen molar-refractivity contribution in [3.8, 4) is 11.5 Å². The number of allylic oxidation sites excluding steroid dienone is 1. The Kier molecular flexibility index (Phi) is 8.48. The van der Waals surface area contributed by atoms with Crippen molar-refractivity contribution in [1.82, 2.24) is 0 Å². The molecule has 39 heavy (non-hydrogen) atoms. The zero-order valence-corrected chi connectivity index (χ0v) is 22.9. The van der Waals surface area contributed by atoms with Crippen LogP contribution in [0.5, 0.6) is 11.5 Å². The molecule has 4 nitrogen and oxygen atoms in total. The molecule has 4 aromatic rings. The first kappa shape index (κ1) is 26.8. The molecule has 0 spiro atoms. The monoisotopic (exact) mass is 538 g/mol. The van der Waals surface area contributed by atoms with Crippen molar-refractivity contribution in [3.63, 3.8) is 0 Å². The van der Waals surface area contributed by atoms with Gasteiger partial charge in [-0.15, -0.1) is 0 Å². The summed E-state index contributed by atoms with van der Waals surface area (Å²) in [7, 11) is -3.23. The van der Waals surface area contributed by atoms with E-state index in [2.05, 4.69) is 36.4 Å². The number of rotatable bonds is 10. The molecule has 0 atom stereocenters. The molecule has 1 aliphatic rings. The third-order valence-electron chi connectivity index (χ3n) is 7.23. The number of sulfone groups is 1. The van der Waals surface area contributed by atoms with Gasteiger partial charge in [0.05, 0.1) is 17.3 Å². The Balaban J connectivity index is 1.25. The number of aryl methyl sites for hydroxylation is 1. The second kappa shape index (κ2) is 12.4. The lowest BCUT2D eigenvalue weighted by atomic mass is 9.88. The van der Waals surface area contributed by atoms with E-state index in [1.165, 1.54) is 27.8 Å². The van der Waals surface area contributed by atoms with Gasteiger partial charge in [-0.3, -0.25) is 0 Å². The summed E-state index contributed by atoms with van der Waals surface area (Å²) in [5.74, 6) is 1.26. The van der Waals surface area contributed by atoms with E-state index in [0.717, 1.165) is 43.4 Å². The lowest BCUT2D eigenvalue weighted by Crippen LogP contribution is -2.07. The average molecular weight is 539 g/mol. The van der Waals surface area contributed by atoms with Gasteiger partial charge < -0.3 is 9.84 Å². The van der Waals surface area contributed by atoms with E-state index in [0.29, 0.717) is 23.7 Å². The van der Waals surface area contributed by atoms with E-state index in [1.54, 1.807) is 30.3 Å². The minimum Gasteiger partial charge on any atom is -0.508 e. The van der Waals surface area contributed by atoms with Crippen molar-refractivity contribution in [3.05, 3.63) is 125 Å². The van der Waals surface area contributed by atoms with Gasteiger partial charge in [0.1, 0.15) is 11.5 Å². The van der Waals surface area contributed by atoms with E-state index < -0.39 is 9.84 Å². The van der Waals surface area contributed by atoms with Gasteiger partial charge >= 0.3 is 0 Å². The fraction of sp³-hybridized carbons (Fsp3) is 0.235. The first-order chi connectivity index (χ1) is 19.0. The molecule has 0 heterocycles. The number of unbranched alkanes of at least 4 members (excludes halogenated alkanes) is 2. The fourth-order valence-corrected chi connectivity index (χ4v) is 6.65. The largest absolute Gasteiger partial charge is 0.508 e. The van der Waals surface area contributed by atoms with Crippen LogP contribution in [-0.4, -0.2) is 25.9 Å². The Hall–Kier alpha value is -3.83. The summed E-state index contributed by atoms with van der Waals surface area (Å²) in [6.45, 7) is 0.546. The molecule has 0 fully saturated rings. The van der Waals surface area contributed by atoms with Crippen LogP contribution in [0.4, 0.5) is 0 Å². The third-order valence-corrected chi connectivity index (χ3v) is 9.04. The molecule has 0 unspecified atom stereocenters. The van der Waals surface area contributed by atoms with Crippen LogP contribution in [0.15, 0.2) is 108 Å². The Morgan fingerprint density at radius 2 is 1.44 bits per heavy atom. The zero-order valence-electron chi connectivity index (χ0n) is 22.1. The van der Waals surface area contributed by atoms with Crippen LogP contribution in [0.1, 0.15) is 54.4 Å². The topological polar surface area (TPSA) is 63.6 Å². The highest BCUT2D eigenvalue weighted by molar-refractivity contribution is 7.91. The minimum atomic E-state index is -3.23. The van der Waals surface area contributed by atoms with Gasteiger partial charge in [0, 0.05) is 0 Å². The van der Waals surface area contributed by atoms with E-state index in [4.69, 9.17) is 4.74 Å². The van der Waals surface area contributed by atoms with Crippen molar-refractivity contribution in [2.24, 2.45) is 0 Å². The molecular weight excluding hydrogens is 504 g/mol. The maximum absolute atomic E-state index is 12.4. The number of ether oxygens (including phenoxy) is 1. The number of aromatic hydroxyl groups is 1. The number of phenols is 1. The van der Waals surface area contributed by atoms with Crippen molar-refractivity contribution in [1.29, 1.82) is 0 Å². The molecule has 5 heteroatoms. The molecule has 4 aromatic carbocycles. The molecule has 0 radical (unpaired) electrons. The molecule has 0 amide bonds. The van der Waals surface area contributed by atoms with Gasteiger partial charge in [0.2, 0.25) is 0 Å². The number of hydrogen-bond donors (Lipinski definition) is 1. The maximum atomic E-state index is 12.4. The number of fused-ring (bicyclic) bond motifs is 1. The number of phenolic OH excluding ortho intramolecular Hbond substituents is 1. The first-order valence-corrected chi connectivity index (χ1v) is 15.3. The van der Waals surface area contributed by atoms with Crippen molar-refractivity contribution >= 4 is 21.0 Å². The van der Waals surface area contributed by atoms with Crippen LogP contribution in [0.3, 0.4) is 0 Å². The quantitative estimate of drug-likeness (QED) is 0.210. The summed E-state index contributed by atoms with van der Waals surface area (Å²) in [5.41, 5.74) is 7.22. The smallest absolute Gasteiger partial charge is 0.178 e. The van der Waals surface area contributed by atoms with Gasteiger partial charge in [-0.25, -0.2) is 8.42 Å². The molecule has 0 aromatic heterocycles. The van der Waals surface area contributed by atoms with Crippen LogP contribution in [0.2, 0.25) is 0 Å². The van der Waals surface area contributed by atoms with Gasteiger partial charge in [-0.05, 0) is 108 Å². The minimum absolute atomic E-state index is 0.157. The van der Waals surface area contributed by atoms with E-state index in [-0.39, 0.29) is 5.75 Å². The van der Waals surface area contributed by atoms with Crippen LogP contribution in [-0.2, 0) is 16.3 Å². The van der Waals surface area contributed by atoms with Crippen LogP contribution in [0.25, 0.3) is 11.1 Å². The van der Waals surface area contributed by atoms with Gasteiger partial charge in [-0.1, -0.05) is 66.7 Å². The highest BCUT2D eigenvalue weighted by Gasteiger charge is 2.20. The summed E-state index contributed by atoms with van der Waals surface area (Å²) in [5, 5.41) is 10.1. The van der Waals surface area contributed by atoms with Crippen LogP contribution >= 0.6 is 0 Å². The van der Waals surface area contributed by atoms with Crippen molar-refractivity contribution in [2.45, 2.75) is 43.4 Å². The third kappa shape index (κ3) is 6.61. The fourth-order valence-electron chi connectivity index (χ4n) is 5.26. The number of hydrogen-bond acceptors (Lipinski definition) is 4. The van der Waals surface area contributed by atoms with Gasteiger partial charge in [-0.2, -0.15) is 0 Å². The lowest BCUT2D eigenvalue weighted by molar-refractivity contribution is 0.306. The highest BCUT2D eigenvalue weighted by Crippen LogP contribution is 2.41.